The van der Waals surface area contributed by atoms with Crippen LogP contribution in [0.3, 0.4) is 0 Å². The van der Waals surface area contributed by atoms with E-state index in [2.05, 4.69) is 0 Å². The number of nitro groups is 1. The van der Waals surface area contributed by atoms with Gasteiger partial charge in [0.2, 0.25) is 0 Å². The number of benzene rings is 2. The van der Waals surface area contributed by atoms with Gasteiger partial charge >= 0.3 is 0 Å². The van der Waals surface area contributed by atoms with E-state index in [-0.39, 0.29) is 5.69 Å². The molecule has 0 aromatic heterocycles. The maximum Gasteiger partial charge on any atom is 0.270 e. The maximum atomic E-state index is 10.7. The number of non-ortho nitro benzene ring substituents is 1. The highest BCUT2D eigenvalue weighted by molar-refractivity contribution is 5.73. The molecule has 2 aromatic carbocycles. The fourth-order valence-electron chi connectivity index (χ4n) is 1.76. The molecule has 0 heterocycles. The predicted octanol–water partition coefficient (Wildman–Crippen LogP) is 3.95. The van der Waals surface area contributed by atoms with E-state index in [4.69, 9.17) is 5.26 Å². The molecule has 0 N–H and O–H groups in total. The molecule has 20 heavy (non-hydrogen) atoms. The summed E-state index contributed by atoms with van der Waals surface area (Å²) >= 11 is 0. The third-order valence-electron chi connectivity index (χ3n) is 2.90. The molecule has 0 atom stereocenters. The minimum Gasteiger partial charge on any atom is -0.258 e. The lowest BCUT2D eigenvalue weighted by atomic mass is 10.1. The first kappa shape index (κ1) is 13.5. The van der Waals surface area contributed by atoms with Gasteiger partial charge < -0.3 is 0 Å². The highest BCUT2D eigenvalue weighted by atomic mass is 16.6. The third kappa shape index (κ3) is 3.09. The van der Waals surface area contributed by atoms with Gasteiger partial charge in [-0.2, -0.15) is 5.26 Å². The van der Waals surface area contributed by atoms with Crippen LogP contribution in [-0.4, -0.2) is 4.92 Å². The molecule has 98 valence electrons. The Morgan fingerprint density at radius 1 is 1.15 bits per heavy atom. The number of nitriles is 1. The van der Waals surface area contributed by atoms with Crippen LogP contribution in [0.25, 0.3) is 12.2 Å². The van der Waals surface area contributed by atoms with Crippen molar-refractivity contribution in [2.24, 2.45) is 0 Å². The number of nitrogens with zero attached hydrogens (tertiary/aromatic N) is 2. The summed E-state index contributed by atoms with van der Waals surface area (Å²) in [7, 11) is 0. The molecule has 0 aliphatic heterocycles. The lowest BCUT2D eigenvalue weighted by molar-refractivity contribution is -0.384. The molecule has 0 fully saturated rings. The van der Waals surface area contributed by atoms with Gasteiger partial charge in [-0.15, -0.1) is 0 Å². The SMILES string of the molecule is Cc1ccc(C=Cc2ccc([N+](=O)[O-])cc2C#N)cc1. The summed E-state index contributed by atoms with van der Waals surface area (Å²) in [6.45, 7) is 2.01. The Labute approximate surface area is 116 Å². The van der Waals surface area contributed by atoms with Crippen molar-refractivity contribution in [1.82, 2.24) is 0 Å². The number of rotatable bonds is 3. The zero-order chi connectivity index (χ0) is 14.5. The van der Waals surface area contributed by atoms with Gasteiger partial charge in [-0.3, -0.25) is 10.1 Å². The van der Waals surface area contributed by atoms with Crippen LogP contribution >= 0.6 is 0 Å². The van der Waals surface area contributed by atoms with Crippen molar-refractivity contribution in [3.8, 4) is 6.07 Å². The standard InChI is InChI=1S/C16H12N2O2/c1-12-2-4-13(5-3-12)6-7-14-8-9-16(18(19)20)10-15(14)11-17/h2-10H,1H3. The van der Waals surface area contributed by atoms with Crippen molar-refractivity contribution in [1.29, 1.82) is 5.26 Å². The summed E-state index contributed by atoms with van der Waals surface area (Å²) in [6.07, 6.45) is 3.66. The summed E-state index contributed by atoms with van der Waals surface area (Å²) in [5.74, 6) is 0. The van der Waals surface area contributed by atoms with Gasteiger partial charge in [0.25, 0.3) is 5.69 Å². The smallest absolute Gasteiger partial charge is 0.258 e. The summed E-state index contributed by atoms with van der Waals surface area (Å²) in [5, 5.41) is 19.7. The van der Waals surface area contributed by atoms with Crippen LogP contribution in [0.2, 0.25) is 0 Å². The average Bonchev–Trinajstić information content (AvgIpc) is 2.46. The van der Waals surface area contributed by atoms with Gasteiger partial charge in [0, 0.05) is 12.1 Å². The predicted molar refractivity (Wildman–Crippen MR) is 77.9 cm³/mol. The average molecular weight is 264 g/mol. The number of hydrogen-bond donors (Lipinski definition) is 0. The molecule has 4 heteroatoms. The number of hydrogen-bond acceptors (Lipinski definition) is 3. The van der Waals surface area contributed by atoms with Crippen molar-refractivity contribution in [3.05, 3.63) is 74.8 Å². The first-order valence-corrected chi connectivity index (χ1v) is 6.03. The molecule has 0 saturated carbocycles. The summed E-state index contributed by atoms with van der Waals surface area (Å²) in [5.41, 5.74) is 3.07. The van der Waals surface area contributed by atoms with Crippen molar-refractivity contribution in [3.63, 3.8) is 0 Å². The Hall–Kier alpha value is -2.93. The highest BCUT2D eigenvalue weighted by Gasteiger charge is 2.08. The largest absolute Gasteiger partial charge is 0.270 e. The second-order valence-electron chi connectivity index (χ2n) is 4.38. The van der Waals surface area contributed by atoms with E-state index in [1.165, 1.54) is 17.7 Å². The van der Waals surface area contributed by atoms with Gasteiger partial charge in [-0.05, 0) is 24.1 Å². The first-order valence-electron chi connectivity index (χ1n) is 6.03. The minimum atomic E-state index is -0.506. The highest BCUT2D eigenvalue weighted by Crippen LogP contribution is 2.19. The fraction of sp³-hybridized carbons (Fsp3) is 0.0625. The first-order chi connectivity index (χ1) is 9.60. The van der Waals surface area contributed by atoms with E-state index >= 15 is 0 Å². The molecule has 0 aliphatic carbocycles. The summed E-state index contributed by atoms with van der Waals surface area (Å²) < 4.78 is 0. The van der Waals surface area contributed by atoms with Crippen LogP contribution in [0, 0.1) is 28.4 Å². The lowest BCUT2D eigenvalue weighted by Crippen LogP contribution is -1.90. The maximum absolute atomic E-state index is 10.7. The van der Waals surface area contributed by atoms with E-state index in [9.17, 15) is 10.1 Å². The Morgan fingerprint density at radius 3 is 2.45 bits per heavy atom. The second-order valence-corrected chi connectivity index (χ2v) is 4.38. The molecule has 0 unspecified atom stereocenters. The van der Waals surface area contributed by atoms with Crippen LogP contribution in [0.4, 0.5) is 5.69 Å². The minimum absolute atomic E-state index is 0.0750. The van der Waals surface area contributed by atoms with Gasteiger partial charge in [0.05, 0.1) is 10.5 Å². The van der Waals surface area contributed by atoms with Crippen LogP contribution < -0.4 is 0 Å². The second kappa shape index (κ2) is 5.81. The van der Waals surface area contributed by atoms with Crippen LogP contribution in [0.15, 0.2) is 42.5 Å². The van der Waals surface area contributed by atoms with E-state index in [1.807, 2.05) is 43.3 Å². The molecule has 2 rings (SSSR count). The van der Waals surface area contributed by atoms with Gasteiger partial charge in [0.1, 0.15) is 6.07 Å². The number of nitro benzene ring substituents is 1. The molecular weight excluding hydrogens is 252 g/mol. The Kier molecular flexibility index (Phi) is 3.92. The van der Waals surface area contributed by atoms with Crippen LogP contribution in [-0.2, 0) is 0 Å². The molecule has 4 nitrogen and oxygen atoms in total. The van der Waals surface area contributed by atoms with E-state index in [0.29, 0.717) is 11.1 Å². The van der Waals surface area contributed by atoms with E-state index in [0.717, 1.165) is 5.56 Å². The molecular formula is C16H12N2O2. The monoisotopic (exact) mass is 264 g/mol. The zero-order valence-corrected chi connectivity index (χ0v) is 10.9. The molecule has 0 bridgehead atoms. The quantitative estimate of drug-likeness (QED) is 0.479. The molecule has 0 aliphatic rings. The van der Waals surface area contributed by atoms with Crippen molar-refractivity contribution >= 4 is 17.8 Å². The number of aryl methyl sites for hydroxylation is 1. The van der Waals surface area contributed by atoms with E-state index < -0.39 is 4.92 Å². The van der Waals surface area contributed by atoms with Crippen molar-refractivity contribution in [2.45, 2.75) is 6.92 Å². The van der Waals surface area contributed by atoms with Gasteiger partial charge in [-0.25, -0.2) is 0 Å². The Morgan fingerprint density at radius 2 is 1.85 bits per heavy atom. The Balaban J connectivity index is 2.31. The normalized spacial score (nSPS) is 10.4. The van der Waals surface area contributed by atoms with Crippen molar-refractivity contribution in [2.75, 3.05) is 0 Å². The van der Waals surface area contributed by atoms with Crippen LogP contribution in [0.1, 0.15) is 22.3 Å². The van der Waals surface area contributed by atoms with Crippen molar-refractivity contribution < 1.29 is 4.92 Å². The van der Waals surface area contributed by atoms with Gasteiger partial charge in [-0.1, -0.05) is 42.0 Å². The Bertz CT molecular complexity index is 710. The van der Waals surface area contributed by atoms with E-state index in [1.54, 1.807) is 12.1 Å². The molecule has 0 amide bonds. The van der Waals surface area contributed by atoms with Crippen LogP contribution in [0.5, 0.6) is 0 Å². The fourth-order valence-corrected chi connectivity index (χ4v) is 1.76. The lowest BCUT2D eigenvalue weighted by Gasteiger charge is -1.99. The molecule has 0 spiro atoms. The summed E-state index contributed by atoms with van der Waals surface area (Å²) in [4.78, 5) is 10.2. The third-order valence-corrected chi connectivity index (χ3v) is 2.90. The topological polar surface area (TPSA) is 66.9 Å². The van der Waals surface area contributed by atoms with Gasteiger partial charge in [0.15, 0.2) is 0 Å². The molecule has 0 saturated heterocycles. The summed E-state index contributed by atoms with van der Waals surface area (Å²) in [6, 6.07) is 14.2. The zero-order valence-electron chi connectivity index (χ0n) is 10.9. The molecule has 0 radical (unpaired) electrons. The molecule has 2 aromatic rings.